The molecule has 1 aliphatic heterocycles. The first kappa shape index (κ1) is 27.5. The summed E-state index contributed by atoms with van der Waals surface area (Å²) >= 11 is 0. The Labute approximate surface area is 208 Å². The maximum absolute atomic E-state index is 14.6. The maximum Gasteiger partial charge on any atom is 0.528 e. The fourth-order valence-corrected chi connectivity index (χ4v) is 3.99. The van der Waals surface area contributed by atoms with Crippen LogP contribution in [0.25, 0.3) is 0 Å². The van der Waals surface area contributed by atoms with Gasteiger partial charge in [-0.15, -0.1) is 5.06 Å². The highest BCUT2D eigenvalue weighted by atomic mass is 32.2. The average molecular weight is 530 g/mol. The molecule has 1 aliphatic rings. The van der Waals surface area contributed by atoms with Crippen LogP contribution in [0.1, 0.15) is 37.8 Å². The number of halogens is 2. The Bertz CT molecular complexity index is 1190. The van der Waals surface area contributed by atoms with Crippen molar-refractivity contribution in [2.24, 2.45) is 0 Å². The van der Waals surface area contributed by atoms with Gasteiger partial charge >= 0.3 is 6.16 Å². The number of hydroxylamine groups is 2. The monoisotopic (exact) mass is 529 g/mol. The lowest BCUT2D eigenvalue weighted by molar-refractivity contribution is -0.151. The number of hydrogen-bond acceptors (Lipinski definition) is 10. The topological polar surface area (TPSA) is 117 Å². The van der Waals surface area contributed by atoms with E-state index >= 15 is 0 Å². The minimum atomic E-state index is -3.33. The number of sulfone groups is 1. The number of ether oxygens (including phenoxy) is 3. The van der Waals surface area contributed by atoms with Gasteiger partial charge in [0, 0.05) is 32.2 Å². The molecule has 13 heteroatoms. The van der Waals surface area contributed by atoms with Crippen LogP contribution in [0.5, 0.6) is 17.5 Å². The van der Waals surface area contributed by atoms with Gasteiger partial charge in [-0.05, 0) is 38.8 Å². The van der Waals surface area contributed by atoms with E-state index in [-0.39, 0.29) is 41.7 Å². The number of benzene rings is 1. The van der Waals surface area contributed by atoms with Crippen LogP contribution >= 0.6 is 0 Å². The summed E-state index contributed by atoms with van der Waals surface area (Å²) in [6, 6.07) is 2.50. The number of piperidine rings is 1. The van der Waals surface area contributed by atoms with Crippen LogP contribution in [0.2, 0.25) is 0 Å². The second kappa shape index (κ2) is 11.8. The second-order valence-electron chi connectivity index (χ2n) is 8.70. The number of aromatic nitrogens is 2. The standard InChI is InChI=1S/C23H29F2N3O7S/c1-14(2)32-23(29)35-28-10-7-17(8-11-28)33-21-15(3)22(27-13-26-21)34-18-6-5-16(19(24)20(18)25)9-12-36(4,30)31/h5-6,13-14,17H,7-12H2,1-4H3. The van der Waals surface area contributed by atoms with Gasteiger partial charge in [0.05, 0.1) is 17.4 Å². The molecule has 198 valence electrons. The fraction of sp³-hybridized carbons (Fsp3) is 0.522. The maximum atomic E-state index is 14.6. The molecule has 10 nitrogen and oxygen atoms in total. The lowest BCUT2D eigenvalue weighted by Crippen LogP contribution is -2.40. The van der Waals surface area contributed by atoms with Crippen LogP contribution in [0.15, 0.2) is 18.5 Å². The van der Waals surface area contributed by atoms with Gasteiger partial charge in [0.25, 0.3) is 0 Å². The van der Waals surface area contributed by atoms with Gasteiger partial charge in [-0.25, -0.2) is 27.6 Å². The van der Waals surface area contributed by atoms with Gasteiger partial charge < -0.3 is 19.0 Å². The van der Waals surface area contributed by atoms with Crippen LogP contribution in [-0.4, -0.2) is 66.9 Å². The summed E-state index contributed by atoms with van der Waals surface area (Å²) in [5.41, 5.74) is 0.319. The third-order valence-electron chi connectivity index (χ3n) is 5.28. The molecule has 36 heavy (non-hydrogen) atoms. The van der Waals surface area contributed by atoms with Crippen LogP contribution in [-0.2, 0) is 25.8 Å². The number of hydrogen-bond donors (Lipinski definition) is 0. The first-order chi connectivity index (χ1) is 16.9. The Kier molecular flexibility index (Phi) is 9.01. The van der Waals surface area contributed by atoms with Gasteiger partial charge in [0.2, 0.25) is 17.6 Å². The van der Waals surface area contributed by atoms with Crippen molar-refractivity contribution in [1.29, 1.82) is 0 Å². The molecule has 0 N–H and O–H groups in total. The van der Waals surface area contributed by atoms with E-state index in [4.69, 9.17) is 19.0 Å². The van der Waals surface area contributed by atoms with Gasteiger partial charge in [0.15, 0.2) is 11.6 Å². The highest BCUT2D eigenvalue weighted by Gasteiger charge is 2.26. The Hall–Kier alpha value is -3.06. The summed E-state index contributed by atoms with van der Waals surface area (Å²) in [7, 11) is -3.33. The van der Waals surface area contributed by atoms with Crippen molar-refractivity contribution in [2.45, 2.75) is 52.2 Å². The largest absolute Gasteiger partial charge is 0.528 e. The van der Waals surface area contributed by atoms with Gasteiger partial charge in [-0.2, -0.15) is 4.39 Å². The van der Waals surface area contributed by atoms with Crippen molar-refractivity contribution in [3.05, 3.63) is 41.2 Å². The van der Waals surface area contributed by atoms with E-state index in [9.17, 15) is 22.0 Å². The Morgan fingerprint density at radius 3 is 2.44 bits per heavy atom. The zero-order valence-electron chi connectivity index (χ0n) is 20.5. The van der Waals surface area contributed by atoms with E-state index < -0.39 is 33.4 Å². The molecule has 3 rings (SSSR count). The molecular weight excluding hydrogens is 500 g/mol. The summed E-state index contributed by atoms with van der Waals surface area (Å²) < 4.78 is 68.1. The van der Waals surface area contributed by atoms with Crippen LogP contribution in [0.3, 0.4) is 0 Å². The van der Waals surface area contributed by atoms with Crippen LogP contribution in [0.4, 0.5) is 13.6 Å². The molecule has 0 atom stereocenters. The van der Waals surface area contributed by atoms with Crippen LogP contribution < -0.4 is 9.47 Å². The zero-order valence-corrected chi connectivity index (χ0v) is 21.3. The summed E-state index contributed by atoms with van der Waals surface area (Å²) in [5.74, 6) is -2.91. The molecule has 0 unspecified atom stereocenters. The van der Waals surface area contributed by atoms with Crippen LogP contribution in [0, 0.1) is 18.6 Å². The highest BCUT2D eigenvalue weighted by molar-refractivity contribution is 7.90. The summed E-state index contributed by atoms with van der Waals surface area (Å²) in [4.78, 5) is 24.9. The molecular formula is C23H29F2N3O7S. The first-order valence-electron chi connectivity index (χ1n) is 11.4. The van der Waals surface area contributed by atoms with E-state index in [0.717, 1.165) is 6.26 Å². The predicted octanol–water partition coefficient (Wildman–Crippen LogP) is 3.76. The summed E-state index contributed by atoms with van der Waals surface area (Å²) in [6.45, 7) is 5.94. The highest BCUT2D eigenvalue weighted by Crippen LogP contribution is 2.32. The fourth-order valence-electron chi connectivity index (χ4n) is 3.40. The van der Waals surface area contributed by atoms with Crippen molar-refractivity contribution in [3.8, 4) is 17.5 Å². The molecule has 1 fully saturated rings. The number of nitrogens with zero attached hydrogens (tertiary/aromatic N) is 3. The smallest absolute Gasteiger partial charge is 0.474 e. The normalized spacial score (nSPS) is 15.1. The molecule has 0 aliphatic carbocycles. The molecule has 1 aromatic heterocycles. The average Bonchev–Trinajstić information content (AvgIpc) is 2.79. The van der Waals surface area contributed by atoms with E-state index in [0.29, 0.717) is 31.5 Å². The number of carbonyl (C=O) groups is 1. The second-order valence-corrected chi connectivity index (χ2v) is 11.0. The molecule has 1 aromatic carbocycles. The molecule has 0 spiro atoms. The minimum absolute atomic E-state index is 0.0145. The van der Waals surface area contributed by atoms with Crippen molar-refractivity contribution in [2.75, 3.05) is 25.1 Å². The third-order valence-corrected chi connectivity index (χ3v) is 6.23. The molecule has 0 saturated carbocycles. The Morgan fingerprint density at radius 2 is 1.81 bits per heavy atom. The Balaban J connectivity index is 1.62. The molecule has 2 aromatic rings. The van der Waals surface area contributed by atoms with Crippen molar-refractivity contribution in [3.63, 3.8) is 0 Å². The first-order valence-corrected chi connectivity index (χ1v) is 13.4. The molecule has 2 heterocycles. The van der Waals surface area contributed by atoms with Gasteiger partial charge in [0.1, 0.15) is 22.3 Å². The van der Waals surface area contributed by atoms with E-state index in [2.05, 4.69) is 9.97 Å². The molecule has 1 saturated heterocycles. The number of carbonyl (C=O) groups excluding carboxylic acids is 1. The molecule has 0 bridgehead atoms. The zero-order chi connectivity index (χ0) is 26.5. The van der Waals surface area contributed by atoms with Crippen molar-refractivity contribution >= 4 is 16.0 Å². The Morgan fingerprint density at radius 1 is 1.14 bits per heavy atom. The van der Waals surface area contributed by atoms with E-state index in [1.54, 1.807) is 20.8 Å². The third kappa shape index (κ3) is 7.72. The van der Waals surface area contributed by atoms with Gasteiger partial charge in [-0.1, -0.05) is 6.07 Å². The number of aryl methyl sites for hydroxylation is 1. The lowest BCUT2D eigenvalue weighted by Gasteiger charge is -2.30. The van der Waals surface area contributed by atoms with E-state index in [1.165, 1.54) is 23.5 Å². The number of rotatable bonds is 9. The summed E-state index contributed by atoms with van der Waals surface area (Å²) in [5, 5.41) is 1.50. The van der Waals surface area contributed by atoms with E-state index in [1.807, 2.05) is 0 Å². The minimum Gasteiger partial charge on any atom is -0.474 e. The van der Waals surface area contributed by atoms with Gasteiger partial charge in [-0.3, -0.25) is 0 Å². The lowest BCUT2D eigenvalue weighted by atomic mass is 10.1. The molecule has 0 radical (unpaired) electrons. The molecule has 0 amide bonds. The predicted molar refractivity (Wildman–Crippen MR) is 125 cm³/mol. The quantitative estimate of drug-likeness (QED) is 0.444. The van der Waals surface area contributed by atoms with Crippen molar-refractivity contribution in [1.82, 2.24) is 15.0 Å². The summed E-state index contributed by atoms with van der Waals surface area (Å²) in [6.07, 6.45) is 1.88. The SMILES string of the molecule is Cc1c(Oc2ccc(CCS(C)(=O)=O)c(F)c2F)ncnc1OC1CCN(OC(=O)OC(C)C)CC1. The van der Waals surface area contributed by atoms with Crippen molar-refractivity contribution < 1.29 is 41.0 Å².